The molecule has 0 aliphatic heterocycles. The van der Waals surface area contributed by atoms with E-state index in [0.717, 1.165) is 6.04 Å². The number of hydrogen-bond acceptors (Lipinski definition) is 3. The molecule has 0 N–H and O–H groups in total. The van der Waals surface area contributed by atoms with Crippen molar-refractivity contribution in [3.05, 3.63) is 18.7 Å². The van der Waals surface area contributed by atoms with Crippen LogP contribution in [0.3, 0.4) is 0 Å². The molecule has 1 atom stereocenters. The minimum atomic E-state index is -3.11. The molecule has 0 fully saturated rings. The SMILES string of the molecule is CC(C[Si](C)(C)n1ccnc1)CS(=O)(=O)N(C)C. The summed E-state index contributed by atoms with van der Waals surface area (Å²) in [6.07, 6.45) is 5.58. The maximum Gasteiger partial charge on any atom is 0.213 e. The first-order valence-corrected chi connectivity index (χ1v) is 10.8. The van der Waals surface area contributed by atoms with Gasteiger partial charge in [-0.2, -0.15) is 0 Å². The number of aromatic nitrogens is 2. The van der Waals surface area contributed by atoms with Crippen LogP contribution >= 0.6 is 0 Å². The number of hydrogen-bond donors (Lipinski definition) is 0. The van der Waals surface area contributed by atoms with E-state index < -0.39 is 18.3 Å². The molecule has 0 aliphatic carbocycles. The van der Waals surface area contributed by atoms with Crippen molar-refractivity contribution in [3.8, 4) is 0 Å². The van der Waals surface area contributed by atoms with Crippen molar-refractivity contribution in [1.29, 1.82) is 0 Å². The summed E-state index contributed by atoms with van der Waals surface area (Å²) in [5.74, 6) is 0.368. The Morgan fingerprint density at radius 1 is 1.39 bits per heavy atom. The molecule has 18 heavy (non-hydrogen) atoms. The van der Waals surface area contributed by atoms with Crippen LogP contribution in [0.25, 0.3) is 0 Å². The fourth-order valence-electron chi connectivity index (χ4n) is 2.14. The predicted molar refractivity (Wildman–Crippen MR) is 76.6 cm³/mol. The van der Waals surface area contributed by atoms with Gasteiger partial charge in [0.05, 0.1) is 12.1 Å². The van der Waals surface area contributed by atoms with Gasteiger partial charge in [-0.1, -0.05) is 20.0 Å². The predicted octanol–water partition coefficient (Wildman–Crippen LogP) is 1.46. The molecule has 0 saturated heterocycles. The second kappa shape index (κ2) is 5.54. The van der Waals surface area contributed by atoms with E-state index in [1.165, 1.54) is 4.31 Å². The van der Waals surface area contributed by atoms with Crippen LogP contribution in [0.1, 0.15) is 6.92 Å². The summed E-state index contributed by atoms with van der Waals surface area (Å²) in [4.78, 5) is 4.07. The summed E-state index contributed by atoms with van der Waals surface area (Å²) in [6.45, 7) is 6.47. The lowest BCUT2D eigenvalue weighted by molar-refractivity contribution is 0.509. The third kappa shape index (κ3) is 3.93. The number of rotatable bonds is 6. The van der Waals surface area contributed by atoms with Gasteiger partial charge in [-0.05, 0) is 12.0 Å². The lowest BCUT2D eigenvalue weighted by Gasteiger charge is -2.27. The molecule has 5 nitrogen and oxygen atoms in total. The van der Waals surface area contributed by atoms with Crippen LogP contribution in [-0.4, -0.2) is 50.0 Å². The first-order valence-electron chi connectivity index (χ1n) is 6.04. The minimum Gasteiger partial charge on any atom is -0.365 e. The highest BCUT2D eigenvalue weighted by molar-refractivity contribution is 7.89. The topological polar surface area (TPSA) is 55.2 Å². The van der Waals surface area contributed by atoms with Crippen LogP contribution in [0.5, 0.6) is 0 Å². The van der Waals surface area contributed by atoms with Crippen molar-refractivity contribution >= 4 is 18.3 Å². The van der Waals surface area contributed by atoms with Crippen molar-refractivity contribution < 1.29 is 8.42 Å². The summed E-state index contributed by atoms with van der Waals surface area (Å²) < 4.78 is 27.1. The summed E-state index contributed by atoms with van der Waals surface area (Å²) in [6, 6.07) is 0.927. The zero-order valence-electron chi connectivity index (χ0n) is 11.8. The van der Waals surface area contributed by atoms with Crippen LogP contribution in [0.4, 0.5) is 0 Å². The zero-order valence-corrected chi connectivity index (χ0v) is 13.6. The highest BCUT2D eigenvalue weighted by atomic mass is 32.2. The first-order chi connectivity index (χ1) is 8.15. The highest BCUT2D eigenvalue weighted by Gasteiger charge is 2.28. The fraction of sp³-hybridized carbons (Fsp3) is 0.727. The van der Waals surface area contributed by atoms with E-state index in [9.17, 15) is 8.42 Å². The third-order valence-corrected chi connectivity index (χ3v) is 8.56. The Labute approximate surface area is 111 Å². The van der Waals surface area contributed by atoms with E-state index in [2.05, 4.69) is 22.3 Å². The Bertz CT molecular complexity index is 468. The second-order valence-electron chi connectivity index (χ2n) is 5.65. The molecule has 1 aromatic rings. The first kappa shape index (κ1) is 15.4. The monoisotopic (exact) mass is 289 g/mol. The summed E-state index contributed by atoms with van der Waals surface area (Å²) in [5.41, 5.74) is 0. The quantitative estimate of drug-likeness (QED) is 0.745. The number of nitrogens with zero attached hydrogens (tertiary/aromatic N) is 3. The van der Waals surface area contributed by atoms with Crippen LogP contribution in [0.15, 0.2) is 18.7 Å². The van der Waals surface area contributed by atoms with Crippen LogP contribution < -0.4 is 0 Å². The Kier molecular flexibility index (Phi) is 4.74. The van der Waals surface area contributed by atoms with Gasteiger partial charge in [-0.3, -0.25) is 0 Å². The van der Waals surface area contributed by atoms with E-state index in [-0.39, 0.29) is 11.7 Å². The van der Waals surface area contributed by atoms with Gasteiger partial charge in [-0.15, -0.1) is 0 Å². The van der Waals surface area contributed by atoms with E-state index in [4.69, 9.17) is 0 Å². The van der Waals surface area contributed by atoms with Gasteiger partial charge in [0.1, 0.15) is 0 Å². The summed E-state index contributed by atoms with van der Waals surface area (Å²) in [7, 11) is -1.59. The van der Waals surface area contributed by atoms with Crippen LogP contribution in [-0.2, 0) is 10.0 Å². The molecule has 0 radical (unpaired) electrons. The van der Waals surface area contributed by atoms with E-state index in [1.54, 1.807) is 20.3 Å². The van der Waals surface area contributed by atoms with Crippen molar-refractivity contribution in [2.24, 2.45) is 5.92 Å². The average molecular weight is 289 g/mol. The summed E-state index contributed by atoms with van der Waals surface area (Å²) in [5, 5.41) is 0. The van der Waals surface area contributed by atoms with Gasteiger partial charge in [-0.25, -0.2) is 17.7 Å². The third-order valence-electron chi connectivity index (χ3n) is 3.10. The maximum absolute atomic E-state index is 11.8. The molecule has 0 saturated carbocycles. The molecule has 1 aromatic heterocycles. The van der Waals surface area contributed by atoms with Gasteiger partial charge in [0.25, 0.3) is 0 Å². The van der Waals surface area contributed by atoms with Gasteiger partial charge < -0.3 is 4.23 Å². The molecule has 1 unspecified atom stereocenters. The minimum absolute atomic E-state index is 0.154. The molecular weight excluding hydrogens is 266 g/mol. The largest absolute Gasteiger partial charge is 0.365 e. The molecule has 104 valence electrons. The van der Waals surface area contributed by atoms with Crippen molar-refractivity contribution in [3.63, 3.8) is 0 Å². The van der Waals surface area contributed by atoms with E-state index in [1.807, 2.05) is 19.4 Å². The smallest absolute Gasteiger partial charge is 0.213 e. The lowest BCUT2D eigenvalue weighted by atomic mass is 10.3. The normalized spacial score (nSPS) is 15.0. The van der Waals surface area contributed by atoms with Crippen molar-refractivity contribution in [2.45, 2.75) is 26.1 Å². The highest BCUT2D eigenvalue weighted by Crippen LogP contribution is 2.20. The Balaban J connectivity index is 2.69. The molecule has 0 spiro atoms. The van der Waals surface area contributed by atoms with Crippen LogP contribution in [0, 0.1) is 5.92 Å². The van der Waals surface area contributed by atoms with Crippen LogP contribution in [0.2, 0.25) is 19.1 Å². The fourth-order valence-corrected chi connectivity index (χ4v) is 6.40. The number of sulfonamides is 1. The van der Waals surface area contributed by atoms with Gasteiger partial charge in [0.2, 0.25) is 10.0 Å². The standard InChI is InChI=1S/C11H23N3O2SSi/c1-11(8-17(15,16)13(2)3)9-18(4,5)14-7-6-12-10-14/h6-7,10-11H,8-9H2,1-5H3. The van der Waals surface area contributed by atoms with Crippen molar-refractivity contribution in [2.75, 3.05) is 19.8 Å². The zero-order chi connectivity index (χ0) is 14.0. The molecule has 7 heteroatoms. The molecule has 0 bridgehead atoms. The average Bonchev–Trinajstić information content (AvgIpc) is 2.67. The van der Waals surface area contributed by atoms with Gasteiger partial charge >= 0.3 is 0 Å². The molecule has 1 rings (SSSR count). The van der Waals surface area contributed by atoms with E-state index in [0.29, 0.717) is 0 Å². The Hall–Kier alpha value is -0.663. The summed E-state index contributed by atoms with van der Waals surface area (Å²) >= 11 is 0. The molecular formula is C11H23N3O2SSi. The Morgan fingerprint density at radius 2 is 2.00 bits per heavy atom. The lowest BCUT2D eigenvalue weighted by Crippen LogP contribution is -2.39. The van der Waals surface area contributed by atoms with Crippen molar-refractivity contribution in [1.82, 2.24) is 13.5 Å². The maximum atomic E-state index is 11.8. The molecule has 1 heterocycles. The Morgan fingerprint density at radius 3 is 2.44 bits per heavy atom. The number of imidazole rings is 1. The van der Waals surface area contributed by atoms with E-state index >= 15 is 0 Å². The second-order valence-corrected chi connectivity index (χ2v) is 12.4. The van der Waals surface area contributed by atoms with Gasteiger partial charge in [0, 0.05) is 26.5 Å². The molecule has 0 aromatic carbocycles. The van der Waals surface area contributed by atoms with Gasteiger partial charge in [0.15, 0.2) is 8.24 Å². The molecule has 0 aliphatic rings. The molecule has 0 amide bonds.